The van der Waals surface area contributed by atoms with Crippen LogP contribution in [0.1, 0.15) is 11.7 Å². The van der Waals surface area contributed by atoms with Gasteiger partial charge in [-0.2, -0.15) is 0 Å². The van der Waals surface area contributed by atoms with Crippen molar-refractivity contribution in [3.05, 3.63) is 43.9 Å². The maximum atomic E-state index is 6.25. The standard InChI is InChI=1S/C12H6Cl4O/c13-9-6-3-1-2-5(7-4-17-7)8(6)10(14)12(16)11(9)15/h1-3,7H,4H2. The van der Waals surface area contributed by atoms with Gasteiger partial charge in [-0.05, 0) is 5.56 Å². The van der Waals surface area contributed by atoms with E-state index in [1.807, 2.05) is 18.2 Å². The van der Waals surface area contributed by atoms with Crippen LogP contribution < -0.4 is 0 Å². The summed E-state index contributed by atoms with van der Waals surface area (Å²) in [5.74, 6) is 0. The van der Waals surface area contributed by atoms with Crippen LogP contribution >= 0.6 is 46.4 Å². The van der Waals surface area contributed by atoms with Crippen LogP contribution in [0.2, 0.25) is 20.1 Å². The van der Waals surface area contributed by atoms with Gasteiger partial charge in [0, 0.05) is 10.8 Å². The number of hydrogen-bond acceptors (Lipinski definition) is 1. The van der Waals surface area contributed by atoms with E-state index in [0.717, 1.165) is 16.3 Å². The lowest BCUT2D eigenvalue weighted by molar-refractivity contribution is 0.417. The van der Waals surface area contributed by atoms with Crippen LogP contribution in [0.15, 0.2) is 18.2 Å². The summed E-state index contributed by atoms with van der Waals surface area (Å²) < 4.78 is 5.29. The Hall–Kier alpha value is -0.180. The van der Waals surface area contributed by atoms with Crippen molar-refractivity contribution in [3.8, 4) is 0 Å². The SMILES string of the molecule is Clc1c(Cl)c(Cl)c2c(C3CO3)cccc2c1Cl. The van der Waals surface area contributed by atoms with Crippen LogP contribution in [0.25, 0.3) is 10.8 Å². The molecule has 0 radical (unpaired) electrons. The molecule has 0 amide bonds. The van der Waals surface area contributed by atoms with Crippen molar-refractivity contribution in [2.45, 2.75) is 6.10 Å². The summed E-state index contributed by atoms with van der Waals surface area (Å²) in [6.45, 7) is 0.702. The Kier molecular flexibility index (Phi) is 2.92. The highest BCUT2D eigenvalue weighted by Crippen LogP contribution is 2.46. The second kappa shape index (κ2) is 4.18. The van der Waals surface area contributed by atoms with Gasteiger partial charge >= 0.3 is 0 Å². The van der Waals surface area contributed by atoms with Crippen LogP contribution in [0.4, 0.5) is 0 Å². The van der Waals surface area contributed by atoms with Crippen molar-refractivity contribution in [2.75, 3.05) is 6.61 Å². The van der Waals surface area contributed by atoms with Gasteiger partial charge < -0.3 is 4.74 Å². The van der Waals surface area contributed by atoms with Crippen molar-refractivity contribution >= 4 is 57.2 Å². The lowest BCUT2D eigenvalue weighted by Crippen LogP contribution is -1.88. The summed E-state index contributed by atoms with van der Waals surface area (Å²) in [6, 6.07) is 5.75. The van der Waals surface area contributed by atoms with Gasteiger partial charge in [-0.25, -0.2) is 0 Å². The fourth-order valence-corrected chi connectivity index (χ4v) is 2.95. The molecule has 0 bridgehead atoms. The quantitative estimate of drug-likeness (QED) is 0.383. The molecule has 0 saturated carbocycles. The molecular formula is C12H6Cl4O. The zero-order valence-electron chi connectivity index (χ0n) is 8.44. The summed E-state index contributed by atoms with van der Waals surface area (Å²) in [5.41, 5.74) is 1.01. The minimum atomic E-state index is 0.0875. The van der Waals surface area contributed by atoms with Gasteiger partial charge in [-0.3, -0.25) is 0 Å². The van der Waals surface area contributed by atoms with E-state index in [1.165, 1.54) is 0 Å². The maximum absolute atomic E-state index is 6.25. The molecule has 0 N–H and O–H groups in total. The Labute approximate surface area is 118 Å². The van der Waals surface area contributed by atoms with Gasteiger partial charge in [0.15, 0.2) is 0 Å². The molecule has 1 unspecified atom stereocenters. The lowest BCUT2D eigenvalue weighted by Gasteiger charge is -2.11. The summed E-state index contributed by atoms with van der Waals surface area (Å²) >= 11 is 24.5. The smallest absolute Gasteiger partial charge is 0.107 e. The maximum Gasteiger partial charge on any atom is 0.107 e. The van der Waals surface area contributed by atoms with E-state index < -0.39 is 0 Å². The van der Waals surface area contributed by atoms with E-state index in [2.05, 4.69) is 0 Å². The molecular weight excluding hydrogens is 302 g/mol. The zero-order valence-corrected chi connectivity index (χ0v) is 11.5. The molecule has 1 fully saturated rings. The second-order valence-electron chi connectivity index (χ2n) is 3.85. The first-order valence-electron chi connectivity index (χ1n) is 4.97. The van der Waals surface area contributed by atoms with Crippen molar-refractivity contribution < 1.29 is 4.74 Å². The Balaban J connectivity index is 2.47. The van der Waals surface area contributed by atoms with E-state index in [-0.39, 0.29) is 6.10 Å². The highest BCUT2D eigenvalue weighted by Gasteiger charge is 2.29. The first-order chi connectivity index (χ1) is 8.11. The fraction of sp³-hybridized carbons (Fsp3) is 0.167. The largest absolute Gasteiger partial charge is 0.368 e. The number of hydrogen-bond donors (Lipinski definition) is 0. The molecule has 1 nitrogen and oxygen atoms in total. The van der Waals surface area contributed by atoms with E-state index in [0.29, 0.717) is 26.7 Å². The number of halogens is 4. The van der Waals surface area contributed by atoms with Gasteiger partial charge in [-0.1, -0.05) is 64.6 Å². The van der Waals surface area contributed by atoms with Crippen LogP contribution in [0, 0.1) is 0 Å². The lowest BCUT2D eigenvalue weighted by atomic mass is 10.0. The van der Waals surface area contributed by atoms with Gasteiger partial charge in [0.1, 0.15) is 6.10 Å². The second-order valence-corrected chi connectivity index (χ2v) is 5.36. The highest BCUT2D eigenvalue weighted by atomic mass is 35.5. The Morgan fingerprint density at radius 1 is 0.941 bits per heavy atom. The van der Waals surface area contributed by atoms with Crippen LogP contribution in [0.5, 0.6) is 0 Å². The van der Waals surface area contributed by atoms with Crippen molar-refractivity contribution in [3.63, 3.8) is 0 Å². The van der Waals surface area contributed by atoms with Crippen molar-refractivity contribution in [1.82, 2.24) is 0 Å². The third-order valence-corrected chi connectivity index (χ3v) is 4.63. The molecule has 0 spiro atoms. The highest BCUT2D eigenvalue weighted by molar-refractivity contribution is 6.55. The van der Waals surface area contributed by atoms with Crippen LogP contribution in [0.3, 0.4) is 0 Å². The molecule has 2 aromatic rings. The monoisotopic (exact) mass is 306 g/mol. The molecule has 0 aliphatic carbocycles. The van der Waals surface area contributed by atoms with Gasteiger partial charge in [0.05, 0.1) is 26.7 Å². The molecule has 17 heavy (non-hydrogen) atoms. The molecule has 1 aliphatic rings. The van der Waals surface area contributed by atoms with E-state index in [4.69, 9.17) is 51.1 Å². The average Bonchev–Trinajstić information content (AvgIpc) is 3.17. The number of rotatable bonds is 1. The third-order valence-electron chi connectivity index (χ3n) is 2.81. The van der Waals surface area contributed by atoms with Gasteiger partial charge in [-0.15, -0.1) is 0 Å². The van der Waals surface area contributed by atoms with Crippen LogP contribution in [-0.2, 0) is 4.74 Å². The Morgan fingerprint density at radius 3 is 2.24 bits per heavy atom. The molecule has 1 saturated heterocycles. The summed E-state index contributed by atoms with van der Waals surface area (Å²) in [7, 11) is 0. The van der Waals surface area contributed by atoms with Crippen LogP contribution in [-0.4, -0.2) is 6.61 Å². The average molecular weight is 308 g/mol. The molecule has 1 atom stereocenters. The molecule has 0 aromatic heterocycles. The fourth-order valence-electron chi connectivity index (χ4n) is 1.91. The van der Waals surface area contributed by atoms with Gasteiger partial charge in [0.2, 0.25) is 0 Å². The Morgan fingerprint density at radius 2 is 1.59 bits per heavy atom. The number of ether oxygens (including phenoxy) is 1. The van der Waals surface area contributed by atoms with Crippen molar-refractivity contribution in [1.29, 1.82) is 0 Å². The molecule has 1 heterocycles. The molecule has 88 valence electrons. The predicted molar refractivity (Wildman–Crippen MR) is 72.7 cm³/mol. The molecule has 2 aromatic carbocycles. The number of fused-ring (bicyclic) bond motifs is 1. The minimum absolute atomic E-state index is 0.0875. The first kappa shape index (κ1) is 11.9. The molecule has 3 rings (SSSR count). The summed E-state index contributed by atoms with van der Waals surface area (Å²) in [5, 5.41) is 3.08. The summed E-state index contributed by atoms with van der Waals surface area (Å²) in [6.07, 6.45) is 0.0875. The predicted octanol–water partition coefficient (Wildman–Crippen LogP) is 5.52. The van der Waals surface area contributed by atoms with E-state index >= 15 is 0 Å². The van der Waals surface area contributed by atoms with E-state index in [1.54, 1.807) is 0 Å². The number of epoxide rings is 1. The molecule has 1 aliphatic heterocycles. The third kappa shape index (κ3) is 1.81. The zero-order chi connectivity index (χ0) is 12.2. The van der Waals surface area contributed by atoms with Gasteiger partial charge in [0.25, 0.3) is 0 Å². The molecule has 5 heteroatoms. The first-order valence-corrected chi connectivity index (χ1v) is 6.48. The summed E-state index contributed by atoms with van der Waals surface area (Å²) in [4.78, 5) is 0. The normalized spacial score (nSPS) is 18.7. The van der Waals surface area contributed by atoms with E-state index in [9.17, 15) is 0 Å². The van der Waals surface area contributed by atoms with Crippen molar-refractivity contribution in [2.24, 2.45) is 0 Å². The Bertz CT molecular complexity index is 620. The minimum Gasteiger partial charge on any atom is -0.368 e. The topological polar surface area (TPSA) is 12.5 Å². The number of benzene rings is 2.